The lowest BCUT2D eigenvalue weighted by molar-refractivity contribution is -0.908. The molecule has 0 saturated carbocycles. The zero-order valence-corrected chi connectivity index (χ0v) is 18.4. The fraction of sp³-hybridized carbons (Fsp3) is 0.545. The molecule has 0 atom stereocenters. The molecule has 29 heavy (non-hydrogen) atoms. The molecule has 2 heterocycles. The average Bonchev–Trinajstić information content (AvgIpc) is 2.74. The van der Waals surface area contributed by atoms with Crippen molar-refractivity contribution in [3.05, 3.63) is 45.7 Å². The van der Waals surface area contributed by atoms with Gasteiger partial charge in [0.05, 0.1) is 26.3 Å². The van der Waals surface area contributed by atoms with Crippen molar-refractivity contribution in [1.29, 1.82) is 0 Å². The van der Waals surface area contributed by atoms with Crippen molar-refractivity contribution in [1.82, 2.24) is 15.2 Å². The van der Waals surface area contributed by atoms with Crippen molar-refractivity contribution in [2.24, 2.45) is 0 Å². The van der Waals surface area contributed by atoms with Crippen LogP contribution in [0.25, 0.3) is 10.9 Å². The van der Waals surface area contributed by atoms with E-state index in [0.717, 1.165) is 75.2 Å². The SMILES string of the molecule is CCNC(=S)N(CCC[NH+]1CCOCC1)Cc1cc2cc(CC)ccc2[nH]c1=O. The lowest BCUT2D eigenvalue weighted by Gasteiger charge is -2.28. The van der Waals surface area contributed by atoms with Crippen molar-refractivity contribution in [2.75, 3.05) is 45.9 Å². The number of H-pyrrole nitrogens is 1. The van der Waals surface area contributed by atoms with Gasteiger partial charge in [-0.25, -0.2) is 0 Å². The monoisotopic (exact) mass is 417 g/mol. The molecule has 1 fully saturated rings. The van der Waals surface area contributed by atoms with E-state index in [0.29, 0.717) is 11.7 Å². The van der Waals surface area contributed by atoms with Crippen molar-refractivity contribution >= 4 is 28.2 Å². The van der Waals surface area contributed by atoms with Gasteiger partial charge in [-0.05, 0) is 54.7 Å². The van der Waals surface area contributed by atoms with Crippen LogP contribution in [0.3, 0.4) is 0 Å². The second-order valence-corrected chi connectivity index (χ2v) is 8.01. The Morgan fingerprint density at radius 1 is 1.28 bits per heavy atom. The van der Waals surface area contributed by atoms with Gasteiger partial charge in [-0.1, -0.05) is 13.0 Å². The van der Waals surface area contributed by atoms with Crippen LogP contribution in [-0.4, -0.2) is 60.9 Å². The van der Waals surface area contributed by atoms with Crippen LogP contribution in [0.15, 0.2) is 29.1 Å². The quantitative estimate of drug-likeness (QED) is 0.562. The Kier molecular flexibility index (Phi) is 8.03. The van der Waals surface area contributed by atoms with E-state index in [1.165, 1.54) is 5.56 Å². The van der Waals surface area contributed by atoms with Gasteiger partial charge < -0.3 is 24.8 Å². The highest BCUT2D eigenvalue weighted by molar-refractivity contribution is 7.80. The van der Waals surface area contributed by atoms with Crippen LogP contribution < -0.4 is 15.8 Å². The first-order valence-electron chi connectivity index (χ1n) is 10.7. The van der Waals surface area contributed by atoms with E-state index in [1.54, 1.807) is 4.90 Å². The highest BCUT2D eigenvalue weighted by atomic mass is 32.1. The molecule has 0 amide bonds. The third kappa shape index (κ3) is 6.01. The first-order chi connectivity index (χ1) is 14.1. The predicted octanol–water partition coefficient (Wildman–Crippen LogP) is 1.09. The molecule has 0 bridgehead atoms. The largest absolute Gasteiger partial charge is 0.370 e. The summed E-state index contributed by atoms with van der Waals surface area (Å²) in [6.07, 6.45) is 2.01. The van der Waals surface area contributed by atoms with Gasteiger partial charge in [0.25, 0.3) is 5.56 Å². The van der Waals surface area contributed by atoms with E-state index >= 15 is 0 Å². The Morgan fingerprint density at radius 3 is 2.79 bits per heavy atom. The number of pyridine rings is 1. The molecular formula is C22H33N4O2S+. The van der Waals surface area contributed by atoms with Crippen LogP contribution in [0.2, 0.25) is 0 Å². The molecule has 3 N–H and O–H groups in total. The number of hydrogen-bond donors (Lipinski definition) is 3. The average molecular weight is 418 g/mol. The number of fused-ring (bicyclic) bond motifs is 1. The number of ether oxygens (including phenoxy) is 1. The number of aromatic amines is 1. The molecule has 6 nitrogen and oxygen atoms in total. The smallest absolute Gasteiger partial charge is 0.253 e. The van der Waals surface area contributed by atoms with Crippen LogP contribution in [0, 0.1) is 0 Å². The van der Waals surface area contributed by atoms with Crippen LogP contribution in [-0.2, 0) is 17.7 Å². The molecule has 1 aromatic heterocycles. The summed E-state index contributed by atoms with van der Waals surface area (Å²) in [5.41, 5.74) is 2.87. The van der Waals surface area contributed by atoms with E-state index in [1.807, 2.05) is 19.1 Å². The standard InChI is InChI=1S/C22H32N4O2S/c1-3-17-6-7-20-18(14-17)15-19(21(27)24-20)16-26(22(29)23-4-2)9-5-8-25-10-12-28-13-11-25/h6-7,14-15H,3-5,8-13,16H2,1-2H3,(H,23,29)(H,24,27)/p+1. The number of nitrogens with zero attached hydrogens (tertiary/aromatic N) is 1. The summed E-state index contributed by atoms with van der Waals surface area (Å²) in [6, 6.07) is 8.23. The maximum atomic E-state index is 12.7. The van der Waals surface area contributed by atoms with E-state index in [2.05, 4.69) is 34.3 Å². The third-order valence-corrected chi connectivity index (χ3v) is 5.93. The Labute approximate surface area is 178 Å². The fourth-order valence-electron chi connectivity index (χ4n) is 3.79. The minimum Gasteiger partial charge on any atom is -0.370 e. The van der Waals surface area contributed by atoms with Crippen molar-refractivity contribution < 1.29 is 9.64 Å². The molecule has 2 aromatic rings. The number of aromatic nitrogens is 1. The molecule has 1 aliphatic rings. The molecular weight excluding hydrogens is 384 g/mol. The van der Waals surface area contributed by atoms with Crippen molar-refractivity contribution in [2.45, 2.75) is 33.2 Å². The number of rotatable bonds is 8. The zero-order chi connectivity index (χ0) is 20.6. The predicted molar refractivity (Wildman–Crippen MR) is 122 cm³/mol. The van der Waals surface area contributed by atoms with Crippen LogP contribution in [0.5, 0.6) is 0 Å². The summed E-state index contributed by atoms with van der Waals surface area (Å²) in [7, 11) is 0. The lowest BCUT2D eigenvalue weighted by atomic mass is 10.1. The molecule has 1 saturated heterocycles. The van der Waals surface area contributed by atoms with Gasteiger partial charge in [0.1, 0.15) is 13.1 Å². The molecule has 1 aromatic carbocycles. The Hall–Kier alpha value is -1.96. The van der Waals surface area contributed by atoms with Crippen LogP contribution in [0.4, 0.5) is 0 Å². The molecule has 0 aliphatic carbocycles. The summed E-state index contributed by atoms with van der Waals surface area (Å²) in [6.45, 7) is 11.2. The zero-order valence-electron chi connectivity index (χ0n) is 17.6. The molecule has 0 radical (unpaired) electrons. The van der Waals surface area contributed by atoms with Gasteiger partial charge in [-0.15, -0.1) is 0 Å². The Balaban J connectivity index is 1.72. The number of quaternary nitrogens is 1. The molecule has 0 spiro atoms. The summed E-state index contributed by atoms with van der Waals surface area (Å²) >= 11 is 5.60. The van der Waals surface area contributed by atoms with Gasteiger partial charge in [-0.2, -0.15) is 0 Å². The Bertz CT molecular complexity index is 877. The van der Waals surface area contributed by atoms with E-state index < -0.39 is 0 Å². The maximum absolute atomic E-state index is 12.7. The second-order valence-electron chi connectivity index (χ2n) is 7.62. The van der Waals surface area contributed by atoms with Gasteiger partial charge in [-0.3, -0.25) is 4.79 Å². The Morgan fingerprint density at radius 2 is 2.07 bits per heavy atom. The summed E-state index contributed by atoms with van der Waals surface area (Å²) < 4.78 is 5.44. The second kappa shape index (κ2) is 10.7. The molecule has 7 heteroatoms. The summed E-state index contributed by atoms with van der Waals surface area (Å²) in [4.78, 5) is 19.4. The first-order valence-corrected chi connectivity index (χ1v) is 11.1. The highest BCUT2D eigenvalue weighted by Crippen LogP contribution is 2.15. The highest BCUT2D eigenvalue weighted by Gasteiger charge is 2.16. The van der Waals surface area contributed by atoms with E-state index in [9.17, 15) is 4.79 Å². The van der Waals surface area contributed by atoms with E-state index in [4.69, 9.17) is 17.0 Å². The summed E-state index contributed by atoms with van der Waals surface area (Å²) in [5.74, 6) is 0. The topological polar surface area (TPSA) is 61.8 Å². The minimum atomic E-state index is -0.0372. The van der Waals surface area contributed by atoms with E-state index in [-0.39, 0.29) is 5.56 Å². The molecule has 158 valence electrons. The van der Waals surface area contributed by atoms with Gasteiger partial charge in [0, 0.05) is 30.6 Å². The number of benzene rings is 1. The van der Waals surface area contributed by atoms with Crippen molar-refractivity contribution in [3.63, 3.8) is 0 Å². The number of nitrogens with one attached hydrogen (secondary N) is 3. The van der Waals surface area contributed by atoms with Crippen LogP contribution >= 0.6 is 12.2 Å². The number of aryl methyl sites for hydroxylation is 1. The van der Waals surface area contributed by atoms with Gasteiger partial charge in [0.15, 0.2) is 5.11 Å². The lowest BCUT2D eigenvalue weighted by Crippen LogP contribution is -3.14. The van der Waals surface area contributed by atoms with Gasteiger partial charge >= 0.3 is 0 Å². The number of hydrogen-bond acceptors (Lipinski definition) is 3. The fourth-order valence-corrected chi connectivity index (χ4v) is 4.09. The van der Waals surface area contributed by atoms with Crippen molar-refractivity contribution in [3.8, 4) is 0 Å². The summed E-state index contributed by atoms with van der Waals surface area (Å²) in [5, 5.41) is 5.04. The number of thiocarbonyl (C=S) groups is 1. The number of morpholine rings is 1. The third-order valence-electron chi connectivity index (χ3n) is 5.53. The molecule has 0 unspecified atom stereocenters. The minimum absolute atomic E-state index is 0.0372. The van der Waals surface area contributed by atoms with Crippen LogP contribution in [0.1, 0.15) is 31.4 Å². The normalized spacial score (nSPS) is 14.8. The molecule has 1 aliphatic heterocycles. The first kappa shape index (κ1) is 21.7. The van der Waals surface area contributed by atoms with Gasteiger partial charge in [0.2, 0.25) is 0 Å². The molecule has 3 rings (SSSR count). The maximum Gasteiger partial charge on any atom is 0.253 e.